The van der Waals surface area contributed by atoms with Crippen LogP contribution in [0.25, 0.3) is 76.7 Å². The maximum atomic E-state index is 9.51. The summed E-state index contributed by atoms with van der Waals surface area (Å²) in [6.07, 6.45) is -0.0412. The van der Waals surface area contributed by atoms with Crippen LogP contribution in [0, 0.1) is 12.0 Å². The molecule has 0 saturated carbocycles. The van der Waals surface area contributed by atoms with E-state index in [0.717, 1.165) is 83.1 Å². The molecule has 0 amide bonds. The Morgan fingerprint density at radius 1 is 0.595 bits per heavy atom. The number of benzene rings is 8. The molecule has 7 nitrogen and oxygen atoms in total. The smallest absolute Gasteiger partial charge is 0.229 e. The molecule has 7 heteroatoms. The number of hydrogen-bond donors (Lipinski definition) is 0. The second-order valence-electron chi connectivity index (χ2n) is 25.1. The van der Waals surface area contributed by atoms with Gasteiger partial charge in [0.2, 0.25) is 5.69 Å². The van der Waals surface area contributed by atoms with E-state index in [0.29, 0.717) is 52.0 Å². The van der Waals surface area contributed by atoms with Crippen LogP contribution in [0.3, 0.4) is 0 Å². The van der Waals surface area contributed by atoms with E-state index in [4.69, 9.17) is 24.8 Å². The SMILES string of the molecule is [2H]c1c([2H])c([2H])c(-c2cc(C(C)(C)C)cc(-c3cc(C(C)(C)C)cc(C(C)(C)C)c3)c2N2CN(c3cccc(Oc4ccc5c6c7oc8c([N+]#[C-])cccc8c7ccc6n(-c6cc(C([2H])([2H])C(C)(C)C)ccn6)c5c4)c3)c3ccccc32)c([2H])c1[2H]. The van der Waals surface area contributed by atoms with Gasteiger partial charge in [-0.15, -0.1) is 0 Å². The van der Waals surface area contributed by atoms with Crippen molar-refractivity contribution in [2.24, 2.45) is 5.41 Å². The highest BCUT2D eigenvalue weighted by molar-refractivity contribution is 6.24. The fourth-order valence-electron chi connectivity index (χ4n) is 11.1. The van der Waals surface area contributed by atoms with E-state index in [1.54, 1.807) is 18.3 Å². The summed E-state index contributed by atoms with van der Waals surface area (Å²) in [5.41, 5.74) is 11.1. The van der Waals surface area contributed by atoms with Crippen LogP contribution in [0.15, 0.2) is 180 Å². The highest BCUT2D eigenvalue weighted by atomic mass is 16.5. The van der Waals surface area contributed by atoms with Crippen molar-refractivity contribution in [1.29, 1.82) is 0 Å². The van der Waals surface area contributed by atoms with Gasteiger partial charge in [0.1, 0.15) is 35.2 Å². The number of aromatic nitrogens is 2. The van der Waals surface area contributed by atoms with Crippen molar-refractivity contribution in [3.05, 3.63) is 210 Å². The van der Waals surface area contributed by atoms with Crippen molar-refractivity contribution in [3.8, 4) is 39.6 Å². The first-order valence-corrected chi connectivity index (χ1v) is 27.1. The van der Waals surface area contributed by atoms with Gasteiger partial charge in [0.05, 0.1) is 46.9 Å². The molecule has 12 rings (SSSR count). The molecule has 11 aromatic rings. The molecule has 79 heavy (non-hydrogen) atoms. The lowest BCUT2D eigenvalue weighted by Gasteiger charge is -2.31. The zero-order chi connectivity index (χ0) is 61.5. The summed E-state index contributed by atoms with van der Waals surface area (Å²) >= 11 is 0. The van der Waals surface area contributed by atoms with E-state index in [2.05, 4.69) is 113 Å². The van der Waals surface area contributed by atoms with Gasteiger partial charge in [-0.2, -0.15) is 0 Å². The van der Waals surface area contributed by atoms with Crippen LogP contribution in [0.2, 0.25) is 0 Å². The van der Waals surface area contributed by atoms with Gasteiger partial charge in [0, 0.05) is 54.0 Å². The van der Waals surface area contributed by atoms with Gasteiger partial charge < -0.3 is 19.0 Å². The molecule has 0 fully saturated rings. The molecule has 1 aliphatic heterocycles. The molecule has 0 saturated heterocycles. The van der Waals surface area contributed by atoms with Crippen LogP contribution in [-0.2, 0) is 22.6 Å². The maximum Gasteiger partial charge on any atom is 0.229 e. The molecule has 3 aromatic heterocycles. The molecule has 0 radical (unpaired) electrons. The number of anilines is 4. The summed E-state index contributed by atoms with van der Waals surface area (Å²) in [4.78, 5) is 13.1. The molecule has 0 bridgehead atoms. The summed E-state index contributed by atoms with van der Waals surface area (Å²) in [6.45, 7) is 33.6. The minimum atomic E-state index is -1.70. The van der Waals surface area contributed by atoms with Gasteiger partial charge in [-0.05, 0) is 134 Å². The second-order valence-corrected chi connectivity index (χ2v) is 25.1. The quantitative estimate of drug-likeness (QED) is 0.142. The topological polar surface area (TPSA) is 51.0 Å². The molecule has 0 spiro atoms. The third kappa shape index (κ3) is 9.37. The number of fused-ring (bicyclic) bond motifs is 8. The summed E-state index contributed by atoms with van der Waals surface area (Å²) in [6, 6.07) is 44.5. The monoisotopic (exact) mass is 1040 g/mol. The standard InChI is InChI=1S/C72H69N5O2/c1-69(2,3)43-45-33-34-74-64(35-45)77-62-32-31-55-54-25-20-26-59(73-13)67(54)79-68(55)65(62)56-30-29-53(42-63(56)77)78-52-24-19-23-51(41-52)75-44-76(61-28-18-17-27-60(61)75)66-57(46-21-15-14-16-22-46)39-50(72(10,11)12)40-58(66)47-36-48(70(4,5)6)38-49(37-47)71(7,8)9/h14-42H,43-44H2,1-12H3/i14D,15D,16D,21D,22D,43D2. The van der Waals surface area contributed by atoms with Crippen LogP contribution in [0.1, 0.15) is 115 Å². The minimum Gasteiger partial charge on any atom is -0.466 e. The molecule has 394 valence electrons. The summed E-state index contributed by atoms with van der Waals surface area (Å²) in [7, 11) is 0. The Morgan fingerprint density at radius 2 is 1.23 bits per heavy atom. The van der Waals surface area contributed by atoms with E-state index in [9.17, 15) is 5.48 Å². The highest BCUT2D eigenvalue weighted by Crippen LogP contribution is 2.53. The number of nitrogens with zero attached hydrogens (tertiary/aromatic N) is 5. The lowest BCUT2D eigenvalue weighted by molar-refractivity contribution is 0.411. The van der Waals surface area contributed by atoms with Gasteiger partial charge in [-0.3, -0.25) is 4.57 Å². The van der Waals surface area contributed by atoms with Crippen LogP contribution in [0.4, 0.5) is 28.4 Å². The van der Waals surface area contributed by atoms with E-state index < -0.39 is 35.3 Å². The van der Waals surface area contributed by atoms with Crippen molar-refractivity contribution in [2.45, 2.75) is 106 Å². The predicted octanol–water partition coefficient (Wildman–Crippen LogP) is 20.5. The van der Waals surface area contributed by atoms with Gasteiger partial charge in [0.15, 0.2) is 0 Å². The van der Waals surface area contributed by atoms with Crippen LogP contribution >= 0.6 is 0 Å². The summed E-state index contributed by atoms with van der Waals surface area (Å²) in [5.74, 6) is 1.62. The van der Waals surface area contributed by atoms with Gasteiger partial charge in [0.25, 0.3) is 0 Å². The van der Waals surface area contributed by atoms with E-state index in [1.165, 1.54) is 0 Å². The zero-order valence-corrected chi connectivity index (χ0v) is 47.1. The fourth-order valence-corrected chi connectivity index (χ4v) is 11.1. The molecular formula is C72H69N5O2. The highest BCUT2D eigenvalue weighted by Gasteiger charge is 2.34. The number of pyridine rings is 1. The van der Waals surface area contributed by atoms with Crippen molar-refractivity contribution in [1.82, 2.24) is 9.55 Å². The fraction of sp³-hybridized carbons (Fsp3) is 0.250. The number of furan rings is 1. The third-order valence-electron chi connectivity index (χ3n) is 15.1. The summed E-state index contributed by atoms with van der Waals surface area (Å²) < 4.78 is 79.7. The molecule has 1 aliphatic rings. The molecule has 4 heterocycles. The minimum absolute atomic E-state index is 0.134. The Bertz CT molecular complexity index is 4600. The average molecular weight is 1040 g/mol. The van der Waals surface area contributed by atoms with E-state index >= 15 is 0 Å². The average Bonchev–Trinajstić information content (AvgIpc) is 1.56. The Hall–Kier alpha value is -8.60. The van der Waals surface area contributed by atoms with Gasteiger partial charge in [-0.1, -0.05) is 168 Å². The molecule has 0 N–H and O–H groups in total. The van der Waals surface area contributed by atoms with Crippen molar-refractivity contribution >= 4 is 72.2 Å². The number of ether oxygens (including phenoxy) is 1. The first-order valence-electron chi connectivity index (χ1n) is 30.6. The van der Waals surface area contributed by atoms with E-state index in [1.807, 2.05) is 116 Å². The first-order chi connectivity index (χ1) is 40.5. The van der Waals surface area contributed by atoms with Crippen LogP contribution < -0.4 is 14.5 Å². The molecule has 0 atom stereocenters. The zero-order valence-electron chi connectivity index (χ0n) is 54.1. The lowest BCUT2D eigenvalue weighted by Crippen LogP contribution is -2.25. The largest absolute Gasteiger partial charge is 0.466 e. The maximum absolute atomic E-state index is 9.51. The Labute approximate surface area is 475 Å². The normalized spacial score (nSPS) is 14.7. The predicted molar refractivity (Wildman–Crippen MR) is 331 cm³/mol. The third-order valence-corrected chi connectivity index (χ3v) is 15.1. The van der Waals surface area contributed by atoms with Crippen molar-refractivity contribution < 1.29 is 18.7 Å². The van der Waals surface area contributed by atoms with Gasteiger partial charge in [-0.25, -0.2) is 9.83 Å². The Morgan fingerprint density at radius 3 is 1.91 bits per heavy atom. The summed E-state index contributed by atoms with van der Waals surface area (Å²) in [5, 5.41) is 3.39. The lowest BCUT2D eigenvalue weighted by atomic mass is 9.77. The Kier molecular flexibility index (Phi) is 10.3. The molecule has 0 aliphatic carbocycles. The van der Waals surface area contributed by atoms with Crippen LogP contribution in [0.5, 0.6) is 11.5 Å². The number of rotatable bonds is 8. The molecular weight excluding hydrogens is 967 g/mol. The molecule has 8 aromatic carbocycles. The van der Waals surface area contributed by atoms with Gasteiger partial charge >= 0.3 is 0 Å². The van der Waals surface area contributed by atoms with Crippen molar-refractivity contribution in [3.63, 3.8) is 0 Å². The first kappa shape index (κ1) is 43.4. The van der Waals surface area contributed by atoms with E-state index in [-0.39, 0.29) is 28.5 Å². The number of para-hydroxylation sites is 3. The number of hydrogen-bond acceptors (Lipinski definition) is 5. The second kappa shape index (κ2) is 18.8. The van der Waals surface area contributed by atoms with Crippen LogP contribution in [-0.4, -0.2) is 16.2 Å². The molecule has 0 unspecified atom stereocenters. The van der Waals surface area contributed by atoms with Crippen molar-refractivity contribution in [2.75, 3.05) is 16.5 Å². The Balaban J connectivity index is 1.02.